The van der Waals surface area contributed by atoms with Crippen LogP contribution < -0.4 is 14.4 Å². The number of amides is 1. The zero-order valence-corrected chi connectivity index (χ0v) is 19.7. The zero-order valence-electron chi connectivity index (χ0n) is 19.7. The van der Waals surface area contributed by atoms with E-state index in [1.54, 1.807) is 20.2 Å². The van der Waals surface area contributed by atoms with Gasteiger partial charge in [0.2, 0.25) is 0 Å². The molecule has 2 aliphatic heterocycles. The summed E-state index contributed by atoms with van der Waals surface area (Å²) in [5.74, 6) is 1.31. The van der Waals surface area contributed by atoms with Crippen LogP contribution in [0.3, 0.4) is 0 Å². The van der Waals surface area contributed by atoms with Gasteiger partial charge in [0.05, 0.1) is 32.9 Å². The third kappa shape index (κ3) is 4.53. The molecule has 10 heteroatoms. The molecule has 4 atom stereocenters. The van der Waals surface area contributed by atoms with E-state index in [1.807, 2.05) is 31.2 Å². The lowest BCUT2D eigenvalue weighted by Crippen LogP contribution is -2.54. The molecule has 1 amide bonds. The number of rotatable bonds is 8. The van der Waals surface area contributed by atoms with E-state index in [0.29, 0.717) is 31.1 Å². The Morgan fingerprint density at radius 3 is 2.62 bits per heavy atom. The maximum absolute atomic E-state index is 12.5. The number of carbonyl (C=O) groups excluding carboxylic acids is 1. The molecule has 4 rings (SSSR count). The van der Waals surface area contributed by atoms with Crippen molar-refractivity contribution in [2.45, 2.75) is 38.1 Å². The second kappa shape index (κ2) is 9.73. The van der Waals surface area contributed by atoms with E-state index in [1.165, 1.54) is 11.2 Å². The van der Waals surface area contributed by atoms with Gasteiger partial charge in [-0.2, -0.15) is 0 Å². The molecule has 2 aliphatic rings. The Morgan fingerprint density at radius 1 is 1.24 bits per heavy atom. The molecule has 3 N–H and O–H groups in total. The molecule has 2 saturated heterocycles. The second-order valence-electron chi connectivity index (χ2n) is 9.27. The molecule has 10 nitrogen and oxygen atoms in total. The minimum atomic E-state index is -1.47. The van der Waals surface area contributed by atoms with Crippen molar-refractivity contribution in [1.82, 2.24) is 14.9 Å². The van der Waals surface area contributed by atoms with Gasteiger partial charge in [-0.05, 0) is 30.7 Å². The molecule has 0 spiro atoms. The molecule has 1 aromatic carbocycles. The van der Waals surface area contributed by atoms with Crippen molar-refractivity contribution in [2.24, 2.45) is 5.41 Å². The fraction of sp³-hybridized carbons (Fsp3) is 0.542. The number of nitrogens with zero attached hydrogens (tertiary/aromatic N) is 4. The molecule has 0 unspecified atom stereocenters. The quantitative estimate of drug-likeness (QED) is 0.501. The van der Waals surface area contributed by atoms with Crippen molar-refractivity contribution < 1.29 is 29.6 Å². The van der Waals surface area contributed by atoms with Gasteiger partial charge >= 0.3 is 0 Å². The molecule has 184 valence electrons. The third-order valence-electron chi connectivity index (χ3n) is 7.08. The van der Waals surface area contributed by atoms with E-state index in [9.17, 15) is 20.1 Å². The molecule has 2 aromatic rings. The minimum Gasteiger partial charge on any atom is -0.493 e. The predicted molar refractivity (Wildman–Crippen MR) is 124 cm³/mol. The van der Waals surface area contributed by atoms with Gasteiger partial charge < -0.3 is 34.6 Å². The van der Waals surface area contributed by atoms with E-state index in [-0.39, 0.29) is 18.6 Å². The average Bonchev–Trinajstić information content (AvgIpc) is 3.19. The summed E-state index contributed by atoms with van der Waals surface area (Å²) in [6.45, 7) is 4.94. The van der Waals surface area contributed by atoms with Crippen molar-refractivity contribution in [3.05, 3.63) is 42.4 Å². The van der Waals surface area contributed by atoms with Gasteiger partial charge in [0.1, 0.15) is 18.2 Å². The fourth-order valence-corrected chi connectivity index (χ4v) is 4.73. The van der Waals surface area contributed by atoms with E-state index in [0.717, 1.165) is 11.4 Å². The summed E-state index contributed by atoms with van der Waals surface area (Å²) in [6, 6.07) is 7.52. The van der Waals surface area contributed by atoms with Crippen molar-refractivity contribution in [3.63, 3.8) is 0 Å². The molecule has 0 aliphatic carbocycles. The Balaban J connectivity index is 1.53. The van der Waals surface area contributed by atoms with Crippen LogP contribution >= 0.6 is 0 Å². The molecule has 1 aromatic heterocycles. The summed E-state index contributed by atoms with van der Waals surface area (Å²) in [7, 11) is 1.59. The monoisotopic (exact) mass is 472 g/mol. The SMILES string of the molecule is COc1ccc([C@@H]2CN(C(=O)[C@@H](O)CO)C[C@@]2(C)[C@@H](C)O)cc1OC1CN(c2ccncn2)C1. The second-order valence-corrected chi connectivity index (χ2v) is 9.27. The molecule has 2 fully saturated rings. The largest absolute Gasteiger partial charge is 0.493 e. The van der Waals surface area contributed by atoms with Gasteiger partial charge in [0, 0.05) is 30.6 Å². The number of benzene rings is 1. The summed E-state index contributed by atoms with van der Waals surface area (Å²) in [4.78, 5) is 24.4. The van der Waals surface area contributed by atoms with Crippen LogP contribution in [0.25, 0.3) is 0 Å². The first kappa shape index (κ1) is 24.2. The summed E-state index contributed by atoms with van der Waals surface area (Å²) in [6.07, 6.45) is 1.01. The molecular formula is C24H32N4O6. The van der Waals surface area contributed by atoms with Gasteiger partial charge in [-0.3, -0.25) is 4.79 Å². The van der Waals surface area contributed by atoms with Gasteiger partial charge in [-0.25, -0.2) is 9.97 Å². The van der Waals surface area contributed by atoms with E-state index in [4.69, 9.17) is 9.47 Å². The number of likely N-dealkylation sites (tertiary alicyclic amines) is 1. The number of ether oxygens (including phenoxy) is 2. The van der Waals surface area contributed by atoms with Gasteiger partial charge in [-0.15, -0.1) is 0 Å². The molecular weight excluding hydrogens is 440 g/mol. The van der Waals surface area contributed by atoms with Crippen LogP contribution in [0, 0.1) is 5.41 Å². The zero-order chi connectivity index (χ0) is 24.5. The maximum Gasteiger partial charge on any atom is 0.253 e. The Morgan fingerprint density at radius 2 is 2.00 bits per heavy atom. The van der Waals surface area contributed by atoms with Crippen molar-refractivity contribution in [2.75, 3.05) is 44.8 Å². The van der Waals surface area contributed by atoms with Crippen LogP contribution in [-0.4, -0.2) is 94.3 Å². The standard InChI is InChI=1S/C24H32N4O6/c1-15(30)24(2)13-28(23(32)19(31)12-29)11-18(24)16-4-5-20(33-3)21(8-16)34-17-9-27(10-17)22-6-7-25-14-26-22/h4-8,14-15,17-19,29-31H,9-13H2,1-3H3/t15-,18+,19+,24+/m1/s1. The topological polar surface area (TPSA) is 128 Å². The highest BCUT2D eigenvalue weighted by molar-refractivity contribution is 5.81. The first-order chi connectivity index (χ1) is 16.3. The van der Waals surface area contributed by atoms with Crippen molar-refractivity contribution >= 4 is 11.7 Å². The average molecular weight is 473 g/mol. The molecule has 0 saturated carbocycles. The van der Waals surface area contributed by atoms with E-state index < -0.39 is 30.1 Å². The Hall–Kier alpha value is -2.95. The number of anilines is 1. The number of aromatic nitrogens is 2. The van der Waals surface area contributed by atoms with Crippen LogP contribution in [0.5, 0.6) is 11.5 Å². The first-order valence-corrected chi connectivity index (χ1v) is 11.4. The Labute approximate surface area is 198 Å². The highest BCUT2D eigenvalue weighted by Crippen LogP contribution is 2.47. The minimum absolute atomic E-state index is 0.0383. The number of aliphatic hydroxyl groups is 3. The summed E-state index contributed by atoms with van der Waals surface area (Å²) < 4.78 is 11.8. The Kier molecular flexibility index (Phi) is 6.92. The molecule has 0 bridgehead atoms. The van der Waals surface area contributed by atoms with Crippen LogP contribution in [-0.2, 0) is 4.79 Å². The normalized spacial score (nSPS) is 24.5. The van der Waals surface area contributed by atoms with Crippen LogP contribution in [0.2, 0.25) is 0 Å². The summed E-state index contributed by atoms with van der Waals surface area (Å²) in [5.41, 5.74) is 0.261. The van der Waals surface area contributed by atoms with Crippen molar-refractivity contribution in [3.8, 4) is 11.5 Å². The Bertz CT molecular complexity index is 1000. The number of hydrogen-bond acceptors (Lipinski definition) is 9. The number of methoxy groups -OCH3 is 1. The highest BCUT2D eigenvalue weighted by atomic mass is 16.5. The number of aliphatic hydroxyl groups excluding tert-OH is 3. The highest BCUT2D eigenvalue weighted by Gasteiger charge is 2.49. The smallest absolute Gasteiger partial charge is 0.253 e. The van der Waals surface area contributed by atoms with Gasteiger partial charge in [0.15, 0.2) is 17.6 Å². The summed E-state index contributed by atoms with van der Waals surface area (Å²) in [5, 5.41) is 29.7. The van der Waals surface area contributed by atoms with Crippen LogP contribution in [0.15, 0.2) is 36.8 Å². The lowest BCUT2D eigenvalue weighted by molar-refractivity contribution is -0.141. The lowest BCUT2D eigenvalue weighted by Gasteiger charge is -2.40. The third-order valence-corrected chi connectivity index (χ3v) is 7.08. The lowest BCUT2D eigenvalue weighted by atomic mass is 9.72. The molecule has 0 radical (unpaired) electrons. The van der Waals surface area contributed by atoms with E-state index in [2.05, 4.69) is 14.9 Å². The maximum atomic E-state index is 12.5. The van der Waals surface area contributed by atoms with Gasteiger partial charge in [-0.1, -0.05) is 13.0 Å². The van der Waals surface area contributed by atoms with Gasteiger partial charge in [0.25, 0.3) is 5.91 Å². The molecule has 3 heterocycles. The number of hydrogen-bond donors (Lipinski definition) is 3. The van der Waals surface area contributed by atoms with Crippen molar-refractivity contribution in [1.29, 1.82) is 0 Å². The van der Waals surface area contributed by atoms with Crippen LogP contribution in [0.4, 0.5) is 5.82 Å². The molecule has 34 heavy (non-hydrogen) atoms. The summed E-state index contributed by atoms with van der Waals surface area (Å²) >= 11 is 0. The van der Waals surface area contributed by atoms with E-state index >= 15 is 0 Å². The predicted octanol–water partition coefficient (Wildman–Crippen LogP) is 0.419. The fourth-order valence-electron chi connectivity index (χ4n) is 4.73. The first-order valence-electron chi connectivity index (χ1n) is 11.4. The van der Waals surface area contributed by atoms with Crippen LogP contribution in [0.1, 0.15) is 25.3 Å². The number of carbonyl (C=O) groups is 1.